The molecule has 0 aliphatic rings. The lowest BCUT2D eigenvalue weighted by Gasteiger charge is -2.12. The fraction of sp³-hybridized carbons (Fsp3) is 0.278. The van der Waals surface area contributed by atoms with Crippen LogP contribution in [-0.4, -0.2) is 20.2 Å². The number of hydrogen-bond donors (Lipinski definition) is 0. The van der Waals surface area contributed by atoms with E-state index in [0.717, 1.165) is 5.56 Å². The molecule has 0 aromatic heterocycles. The van der Waals surface area contributed by atoms with Gasteiger partial charge in [0.15, 0.2) is 11.5 Å². The van der Waals surface area contributed by atoms with Gasteiger partial charge >= 0.3 is 5.97 Å². The van der Waals surface area contributed by atoms with E-state index < -0.39 is 0 Å². The Kier molecular flexibility index (Phi) is 5.97. The van der Waals surface area contributed by atoms with Crippen LogP contribution in [0.3, 0.4) is 0 Å². The summed E-state index contributed by atoms with van der Waals surface area (Å²) >= 11 is 0. The summed E-state index contributed by atoms with van der Waals surface area (Å²) in [6.07, 6.45) is 0.853. The molecule has 23 heavy (non-hydrogen) atoms. The maximum Gasteiger partial charge on any atom is 0.305 e. The Morgan fingerprint density at radius 1 is 1.09 bits per heavy atom. The standard InChI is InChI=1S/C18H19FO4/c1-21-17-11-13(8-10-18(20)22-2)7-9-16(17)23-12-14-5-3-4-6-15(14)19/h3-7,9,11H,8,10,12H2,1-2H3. The van der Waals surface area contributed by atoms with Gasteiger partial charge in [-0.05, 0) is 30.2 Å². The predicted octanol–water partition coefficient (Wildman–Crippen LogP) is 3.52. The van der Waals surface area contributed by atoms with Gasteiger partial charge < -0.3 is 14.2 Å². The third-order valence-electron chi connectivity index (χ3n) is 3.41. The highest BCUT2D eigenvalue weighted by atomic mass is 19.1. The molecule has 2 rings (SSSR count). The topological polar surface area (TPSA) is 44.8 Å². The van der Waals surface area contributed by atoms with Crippen LogP contribution in [0.15, 0.2) is 42.5 Å². The first-order valence-electron chi connectivity index (χ1n) is 7.24. The van der Waals surface area contributed by atoms with Gasteiger partial charge in [-0.25, -0.2) is 4.39 Å². The average Bonchev–Trinajstić information content (AvgIpc) is 2.59. The molecule has 0 N–H and O–H groups in total. The van der Waals surface area contributed by atoms with Crippen LogP contribution in [0.1, 0.15) is 17.5 Å². The van der Waals surface area contributed by atoms with E-state index in [0.29, 0.717) is 29.9 Å². The number of esters is 1. The lowest BCUT2D eigenvalue weighted by Crippen LogP contribution is -2.03. The Morgan fingerprint density at radius 2 is 1.87 bits per heavy atom. The summed E-state index contributed by atoms with van der Waals surface area (Å²) in [5, 5.41) is 0. The summed E-state index contributed by atoms with van der Waals surface area (Å²) in [4.78, 5) is 11.2. The van der Waals surface area contributed by atoms with E-state index in [1.54, 1.807) is 30.3 Å². The Labute approximate surface area is 134 Å². The number of hydrogen-bond acceptors (Lipinski definition) is 4. The Hall–Kier alpha value is -2.56. The normalized spacial score (nSPS) is 10.2. The molecular weight excluding hydrogens is 299 g/mol. The van der Waals surface area contributed by atoms with E-state index in [1.165, 1.54) is 20.3 Å². The Bertz CT molecular complexity index is 670. The van der Waals surface area contributed by atoms with Crippen molar-refractivity contribution in [2.75, 3.05) is 14.2 Å². The van der Waals surface area contributed by atoms with Crippen molar-refractivity contribution in [3.05, 3.63) is 59.4 Å². The van der Waals surface area contributed by atoms with Gasteiger partial charge in [-0.2, -0.15) is 0 Å². The number of methoxy groups -OCH3 is 2. The molecule has 2 aromatic rings. The second kappa shape index (κ2) is 8.17. The first kappa shape index (κ1) is 16.8. The molecule has 5 heteroatoms. The summed E-state index contributed by atoms with van der Waals surface area (Å²) in [6.45, 7) is 0.116. The summed E-state index contributed by atoms with van der Waals surface area (Å²) < 4.78 is 29.2. The third-order valence-corrected chi connectivity index (χ3v) is 3.41. The highest BCUT2D eigenvalue weighted by Crippen LogP contribution is 2.29. The van der Waals surface area contributed by atoms with Gasteiger partial charge in [-0.1, -0.05) is 24.3 Å². The first-order valence-corrected chi connectivity index (χ1v) is 7.24. The molecule has 2 aromatic carbocycles. The molecule has 0 atom stereocenters. The fourth-order valence-corrected chi connectivity index (χ4v) is 2.11. The van der Waals surface area contributed by atoms with E-state index >= 15 is 0 Å². The molecule has 122 valence electrons. The van der Waals surface area contributed by atoms with Crippen molar-refractivity contribution in [1.29, 1.82) is 0 Å². The van der Waals surface area contributed by atoms with Crippen LogP contribution >= 0.6 is 0 Å². The van der Waals surface area contributed by atoms with Gasteiger partial charge in [-0.3, -0.25) is 4.79 Å². The highest BCUT2D eigenvalue weighted by molar-refractivity contribution is 5.69. The van der Waals surface area contributed by atoms with Crippen LogP contribution in [0, 0.1) is 5.82 Å². The van der Waals surface area contributed by atoms with E-state index in [9.17, 15) is 9.18 Å². The summed E-state index contributed by atoms with van der Waals surface area (Å²) in [7, 11) is 2.90. The molecule has 0 fully saturated rings. The number of halogens is 1. The van der Waals surface area contributed by atoms with Crippen LogP contribution in [0.5, 0.6) is 11.5 Å². The minimum absolute atomic E-state index is 0.116. The number of benzene rings is 2. The molecule has 4 nitrogen and oxygen atoms in total. The van der Waals surface area contributed by atoms with Crippen LogP contribution < -0.4 is 9.47 Å². The Morgan fingerprint density at radius 3 is 2.57 bits per heavy atom. The lowest BCUT2D eigenvalue weighted by molar-refractivity contribution is -0.140. The largest absolute Gasteiger partial charge is 0.493 e. The maximum atomic E-state index is 13.6. The van der Waals surface area contributed by atoms with Crippen LogP contribution in [-0.2, 0) is 22.6 Å². The summed E-state index contributed by atoms with van der Waals surface area (Å²) in [5.41, 5.74) is 1.41. The van der Waals surface area contributed by atoms with E-state index in [-0.39, 0.29) is 18.4 Å². The number of carbonyl (C=O) groups excluding carboxylic acids is 1. The summed E-state index contributed by atoms with van der Waals surface area (Å²) in [6, 6.07) is 11.9. The van der Waals surface area contributed by atoms with E-state index in [1.807, 2.05) is 6.07 Å². The molecule has 0 aliphatic carbocycles. The summed E-state index contributed by atoms with van der Waals surface area (Å²) in [5.74, 6) is 0.506. The van der Waals surface area contributed by atoms with Crippen molar-refractivity contribution in [2.45, 2.75) is 19.4 Å². The molecule has 0 saturated heterocycles. The minimum Gasteiger partial charge on any atom is -0.493 e. The van der Waals surface area contributed by atoms with Crippen LogP contribution in [0.4, 0.5) is 4.39 Å². The molecule has 0 spiro atoms. The third kappa shape index (κ3) is 4.71. The van der Waals surface area contributed by atoms with E-state index in [2.05, 4.69) is 4.74 Å². The molecule has 0 radical (unpaired) electrons. The molecule has 0 aliphatic heterocycles. The molecule has 0 unspecified atom stereocenters. The second-order valence-electron chi connectivity index (χ2n) is 4.94. The molecule has 0 saturated carbocycles. The predicted molar refractivity (Wildman–Crippen MR) is 84.1 cm³/mol. The van der Waals surface area contributed by atoms with Crippen LogP contribution in [0.2, 0.25) is 0 Å². The zero-order valence-electron chi connectivity index (χ0n) is 13.2. The highest BCUT2D eigenvalue weighted by Gasteiger charge is 2.09. The maximum absolute atomic E-state index is 13.6. The van der Waals surface area contributed by atoms with Gasteiger partial charge in [0.1, 0.15) is 12.4 Å². The van der Waals surface area contributed by atoms with E-state index in [4.69, 9.17) is 9.47 Å². The number of ether oxygens (including phenoxy) is 3. The number of carbonyl (C=O) groups is 1. The van der Waals surface area contributed by atoms with Gasteiger partial charge in [0, 0.05) is 12.0 Å². The van der Waals surface area contributed by atoms with Crippen molar-refractivity contribution in [2.24, 2.45) is 0 Å². The molecule has 0 heterocycles. The van der Waals surface area contributed by atoms with Crippen LogP contribution in [0.25, 0.3) is 0 Å². The Balaban J connectivity index is 2.04. The zero-order valence-corrected chi connectivity index (χ0v) is 13.2. The van der Waals surface area contributed by atoms with Crippen molar-refractivity contribution >= 4 is 5.97 Å². The van der Waals surface area contributed by atoms with Crippen molar-refractivity contribution < 1.29 is 23.4 Å². The second-order valence-corrected chi connectivity index (χ2v) is 4.94. The minimum atomic E-state index is -0.304. The molecular formula is C18H19FO4. The molecule has 0 amide bonds. The van der Waals surface area contributed by atoms with Gasteiger partial charge in [0.05, 0.1) is 14.2 Å². The van der Waals surface area contributed by atoms with Gasteiger partial charge in [-0.15, -0.1) is 0 Å². The fourth-order valence-electron chi connectivity index (χ4n) is 2.11. The first-order chi connectivity index (χ1) is 11.1. The average molecular weight is 318 g/mol. The van der Waals surface area contributed by atoms with Crippen molar-refractivity contribution in [3.8, 4) is 11.5 Å². The number of rotatable bonds is 7. The quantitative estimate of drug-likeness (QED) is 0.733. The lowest BCUT2D eigenvalue weighted by atomic mass is 10.1. The van der Waals surface area contributed by atoms with Gasteiger partial charge in [0.2, 0.25) is 0 Å². The smallest absolute Gasteiger partial charge is 0.305 e. The zero-order chi connectivity index (χ0) is 16.7. The van der Waals surface area contributed by atoms with Crippen molar-refractivity contribution in [1.82, 2.24) is 0 Å². The van der Waals surface area contributed by atoms with Crippen molar-refractivity contribution in [3.63, 3.8) is 0 Å². The number of aryl methyl sites for hydroxylation is 1. The van der Waals surface area contributed by atoms with Gasteiger partial charge in [0.25, 0.3) is 0 Å². The molecule has 0 bridgehead atoms. The monoisotopic (exact) mass is 318 g/mol. The SMILES string of the molecule is COC(=O)CCc1ccc(OCc2ccccc2F)c(OC)c1.